The molecule has 2 N–H and O–H groups in total. The predicted octanol–water partition coefficient (Wildman–Crippen LogP) is 1.99. The van der Waals surface area contributed by atoms with Crippen LogP contribution in [0.4, 0.5) is 22.0 Å². The molecule has 0 fully saturated rings. The smallest absolute Gasteiger partial charge is 0.368 e. The number of amides is 1. The van der Waals surface area contributed by atoms with Gasteiger partial charge in [0.2, 0.25) is 5.91 Å². The standard InChI is InChI=1S/C10H10F5N3O/c1-4-2-9(11,12)8-6(4)7(10(13,14)15)17-18(8)3-5(16)19/h4H,2-3H2,1H3,(H2,16,19)/t4-/m0/s1. The van der Waals surface area contributed by atoms with Crippen molar-refractivity contribution in [1.29, 1.82) is 0 Å². The van der Waals surface area contributed by atoms with Crippen molar-refractivity contribution in [2.24, 2.45) is 5.73 Å². The first-order valence-corrected chi connectivity index (χ1v) is 5.38. The molecule has 0 radical (unpaired) electrons. The number of aromatic nitrogens is 2. The van der Waals surface area contributed by atoms with Gasteiger partial charge in [0.05, 0.1) is 0 Å². The Bertz CT molecular complexity index is 534. The molecule has 1 aromatic rings. The van der Waals surface area contributed by atoms with Crippen LogP contribution < -0.4 is 5.73 Å². The van der Waals surface area contributed by atoms with Crippen molar-refractivity contribution in [3.63, 3.8) is 0 Å². The lowest BCUT2D eigenvalue weighted by atomic mass is 10.0. The molecule has 0 saturated heterocycles. The van der Waals surface area contributed by atoms with Gasteiger partial charge in [-0.15, -0.1) is 0 Å². The van der Waals surface area contributed by atoms with Crippen LogP contribution >= 0.6 is 0 Å². The minimum atomic E-state index is -4.85. The van der Waals surface area contributed by atoms with Gasteiger partial charge in [0.15, 0.2) is 5.69 Å². The molecular weight excluding hydrogens is 273 g/mol. The largest absolute Gasteiger partial charge is 0.435 e. The van der Waals surface area contributed by atoms with Gasteiger partial charge >= 0.3 is 6.18 Å². The van der Waals surface area contributed by atoms with Gasteiger partial charge in [-0.25, -0.2) is 0 Å². The van der Waals surface area contributed by atoms with Gasteiger partial charge in [0.1, 0.15) is 12.2 Å². The first kappa shape index (κ1) is 13.8. The first-order chi connectivity index (χ1) is 8.54. The minimum Gasteiger partial charge on any atom is -0.368 e. The van der Waals surface area contributed by atoms with Gasteiger partial charge in [-0.05, 0) is 5.92 Å². The number of nitrogens with two attached hydrogens (primary N) is 1. The van der Waals surface area contributed by atoms with Crippen molar-refractivity contribution in [2.75, 3.05) is 0 Å². The molecule has 1 aromatic heterocycles. The average Bonchev–Trinajstić information content (AvgIpc) is 2.64. The molecule has 9 heteroatoms. The van der Waals surface area contributed by atoms with Crippen LogP contribution in [0, 0.1) is 0 Å². The minimum absolute atomic E-state index is 0.365. The number of hydrogen-bond donors (Lipinski definition) is 1. The lowest BCUT2D eigenvalue weighted by molar-refractivity contribution is -0.142. The van der Waals surface area contributed by atoms with E-state index in [2.05, 4.69) is 5.10 Å². The molecule has 0 aromatic carbocycles. The third kappa shape index (κ3) is 2.17. The predicted molar refractivity (Wildman–Crippen MR) is 53.3 cm³/mol. The summed E-state index contributed by atoms with van der Waals surface area (Å²) in [6.07, 6.45) is -5.58. The zero-order valence-electron chi connectivity index (χ0n) is 9.76. The Hall–Kier alpha value is -1.67. The van der Waals surface area contributed by atoms with E-state index in [1.165, 1.54) is 6.92 Å². The molecule has 0 aliphatic heterocycles. The molecule has 4 nitrogen and oxygen atoms in total. The van der Waals surface area contributed by atoms with Crippen molar-refractivity contribution >= 4 is 5.91 Å². The SMILES string of the molecule is C[C@H]1CC(F)(F)c2c1c(C(F)(F)F)nn2CC(N)=O. The fraction of sp³-hybridized carbons (Fsp3) is 0.600. The Morgan fingerprint density at radius 2 is 2.11 bits per heavy atom. The van der Waals surface area contributed by atoms with Crippen LogP contribution in [-0.4, -0.2) is 15.7 Å². The zero-order valence-corrected chi connectivity index (χ0v) is 9.76. The van der Waals surface area contributed by atoms with Crippen LogP contribution in [0.5, 0.6) is 0 Å². The normalized spacial score (nSPS) is 21.5. The second-order valence-electron chi connectivity index (χ2n) is 4.54. The highest BCUT2D eigenvalue weighted by Crippen LogP contribution is 2.51. The molecular formula is C10H10F5N3O. The topological polar surface area (TPSA) is 60.9 Å². The van der Waals surface area contributed by atoms with E-state index in [0.717, 1.165) is 0 Å². The summed E-state index contributed by atoms with van der Waals surface area (Å²) in [4.78, 5) is 10.8. The van der Waals surface area contributed by atoms with E-state index in [4.69, 9.17) is 5.73 Å². The third-order valence-electron chi connectivity index (χ3n) is 2.96. The first-order valence-electron chi connectivity index (χ1n) is 5.38. The van der Waals surface area contributed by atoms with Gasteiger partial charge in [-0.3, -0.25) is 9.48 Å². The number of halogens is 5. The summed E-state index contributed by atoms with van der Waals surface area (Å²) in [5.41, 5.74) is 2.07. The molecule has 2 rings (SSSR count). The van der Waals surface area contributed by atoms with Crippen molar-refractivity contribution < 1.29 is 26.7 Å². The maximum atomic E-state index is 13.7. The highest BCUT2D eigenvalue weighted by atomic mass is 19.4. The monoisotopic (exact) mass is 283 g/mol. The summed E-state index contributed by atoms with van der Waals surface area (Å²) >= 11 is 0. The van der Waals surface area contributed by atoms with Crippen LogP contribution in [0.25, 0.3) is 0 Å². The summed E-state index contributed by atoms with van der Waals surface area (Å²) in [5, 5.41) is 3.10. The van der Waals surface area contributed by atoms with E-state index in [1.807, 2.05) is 0 Å². The van der Waals surface area contributed by atoms with Crippen molar-refractivity contribution in [2.45, 2.75) is 37.9 Å². The van der Waals surface area contributed by atoms with Crippen LogP contribution in [0.15, 0.2) is 0 Å². The summed E-state index contributed by atoms with van der Waals surface area (Å²) in [6, 6.07) is 0. The Balaban J connectivity index is 2.66. The Labute approximate surface area is 104 Å². The lowest BCUT2D eigenvalue weighted by Crippen LogP contribution is -2.24. The molecule has 0 bridgehead atoms. The highest BCUT2D eigenvalue weighted by molar-refractivity contribution is 5.73. The van der Waals surface area contributed by atoms with Crippen LogP contribution in [0.1, 0.15) is 36.2 Å². The fourth-order valence-electron chi connectivity index (χ4n) is 2.38. The fourth-order valence-corrected chi connectivity index (χ4v) is 2.38. The maximum Gasteiger partial charge on any atom is 0.435 e. The van der Waals surface area contributed by atoms with E-state index in [0.29, 0.717) is 4.68 Å². The third-order valence-corrected chi connectivity index (χ3v) is 2.96. The van der Waals surface area contributed by atoms with Crippen LogP contribution in [-0.2, 0) is 23.4 Å². The Kier molecular flexibility index (Phi) is 2.83. The van der Waals surface area contributed by atoms with E-state index < -0.39 is 53.8 Å². The summed E-state index contributed by atoms with van der Waals surface area (Å²) in [6.45, 7) is 0.464. The quantitative estimate of drug-likeness (QED) is 0.844. The molecule has 1 aliphatic carbocycles. The van der Waals surface area contributed by atoms with Gasteiger partial charge in [-0.2, -0.15) is 27.1 Å². The van der Waals surface area contributed by atoms with Gasteiger partial charge < -0.3 is 5.73 Å². The molecule has 1 amide bonds. The molecule has 0 spiro atoms. The number of carbonyl (C=O) groups excluding carboxylic acids is 1. The molecule has 1 aliphatic rings. The number of nitrogens with zero attached hydrogens (tertiary/aromatic N) is 2. The van der Waals surface area contributed by atoms with Gasteiger partial charge in [0, 0.05) is 12.0 Å². The second-order valence-corrected chi connectivity index (χ2v) is 4.54. The Morgan fingerprint density at radius 3 is 2.58 bits per heavy atom. The second kappa shape index (κ2) is 3.91. The number of fused-ring (bicyclic) bond motifs is 1. The van der Waals surface area contributed by atoms with E-state index in [-0.39, 0.29) is 0 Å². The molecule has 1 heterocycles. The number of hydrogen-bond acceptors (Lipinski definition) is 2. The van der Waals surface area contributed by atoms with E-state index in [1.54, 1.807) is 0 Å². The number of primary amides is 1. The highest BCUT2D eigenvalue weighted by Gasteiger charge is 2.53. The zero-order chi connectivity index (χ0) is 14.6. The molecule has 106 valence electrons. The van der Waals surface area contributed by atoms with Gasteiger partial charge in [-0.1, -0.05) is 6.92 Å². The van der Waals surface area contributed by atoms with Gasteiger partial charge in [0.25, 0.3) is 5.92 Å². The van der Waals surface area contributed by atoms with E-state index in [9.17, 15) is 26.7 Å². The van der Waals surface area contributed by atoms with Crippen LogP contribution in [0.3, 0.4) is 0 Å². The van der Waals surface area contributed by atoms with Crippen LogP contribution in [0.2, 0.25) is 0 Å². The number of alkyl halides is 5. The average molecular weight is 283 g/mol. The summed E-state index contributed by atoms with van der Waals surface area (Å²) in [7, 11) is 0. The molecule has 0 unspecified atom stereocenters. The summed E-state index contributed by atoms with van der Waals surface area (Å²) in [5.74, 6) is -5.46. The van der Waals surface area contributed by atoms with Crippen molar-refractivity contribution in [1.82, 2.24) is 9.78 Å². The number of rotatable bonds is 2. The molecule has 0 saturated carbocycles. The maximum absolute atomic E-state index is 13.7. The van der Waals surface area contributed by atoms with E-state index >= 15 is 0 Å². The number of carbonyl (C=O) groups is 1. The molecule has 19 heavy (non-hydrogen) atoms. The van der Waals surface area contributed by atoms with Crippen molar-refractivity contribution in [3.05, 3.63) is 17.0 Å². The van der Waals surface area contributed by atoms with Crippen molar-refractivity contribution in [3.8, 4) is 0 Å². The Morgan fingerprint density at radius 1 is 1.53 bits per heavy atom. The lowest BCUT2D eigenvalue weighted by Gasteiger charge is -2.12. The molecule has 1 atom stereocenters. The summed E-state index contributed by atoms with van der Waals surface area (Å²) < 4.78 is 66.2.